The number of nitrogens with two attached hydrogens (primary N) is 1. The molecular formula is C35H39Cl3N6O4. The number of carboxylic acids is 1. The molecule has 0 unspecified atom stereocenters. The van der Waals surface area contributed by atoms with Gasteiger partial charge in [-0.3, -0.25) is 15.0 Å². The topological polar surface area (TPSA) is 139 Å². The van der Waals surface area contributed by atoms with E-state index in [4.69, 9.17) is 15.7 Å². The molecule has 10 nitrogen and oxygen atoms in total. The lowest BCUT2D eigenvalue weighted by Crippen LogP contribution is -2.44. The first-order valence-corrected chi connectivity index (χ1v) is 15.5. The summed E-state index contributed by atoms with van der Waals surface area (Å²) in [6.07, 6.45) is 4.14. The van der Waals surface area contributed by atoms with Crippen LogP contribution in [0.1, 0.15) is 81.9 Å². The third-order valence-corrected chi connectivity index (χ3v) is 10.1. The summed E-state index contributed by atoms with van der Waals surface area (Å²) in [6.45, 7) is 6.22. The van der Waals surface area contributed by atoms with Gasteiger partial charge in [0.2, 0.25) is 0 Å². The van der Waals surface area contributed by atoms with Gasteiger partial charge in [-0.15, -0.1) is 37.2 Å². The molecule has 48 heavy (non-hydrogen) atoms. The van der Waals surface area contributed by atoms with Gasteiger partial charge in [0.25, 0.3) is 5.69 Å². The minimum atomic E-state index is -1.11. The van der Waals surface area contributed by atoms with E-state index < -0.39 is 16.8 Å². The van der Waals surface area contributed by atoms with Gasteiger partial charge in [0.15, 0.2) is 0 Å². The number of carbonyl (C=O) groups is 1. The standard InChI is InChI=1S/C35H36N6O4.3ClH/c1-22-16-28(27-17-25(41(44)45)10-11-26(27)34(42)43)32-30(22)33(38-21-37-32)40-20-35(31-24(18-36)8-5-9-29(31)40)12-14-39(15-13-35)19-23-6-3-2-4-7-23;;;/h2-11,17,21-22,28H,12-16,18-20,36H2,1H3,(H,42,43);3*1H/t22-,28-;;;/m1.../s1. The maximum atomic E-state index is 12.2. The van der Waals surface area contributed by atoms with E-state index in [1.807, 2.05) is 0 Å². The number of nitrogens with zero attached hydrogens (tertiary/aromatic N) is 5. The summed E-state index contributed by atoms with van der Waals surface area (Å²) in [7, 11) is 0. The van der Waals surface area contributed by atoms with Gasteiger partial charge in [-0.05, 0) is 72.7 Å². The zero-order valence-corrected chi connectivity index (χ0v) is 28.9. The second kappa shape index (κ2) is 14.8. The highest BCUT2D eigenvalue weighted by atomic mass is 35.5. The molecule has 3 heterocycles. The van der Waals surface area contributed by atoms with Crippen LogP contribution >= 0.6 is 37.2 Å². The van der Waals surface area contributed by atoms with Crippen LogP contribution in [0.2, 0.25) is 0 Å². The molecule has 1 aliphatic carbocycles. The predicted octanol–water partition coefficient (Wildman–Crippen LogP) is 7.13. The van der Waals surface area contributed by atoms with Crippen molar-refractivity contribution in [2.75, 3.05) is 24.5 Å². The molecule has 3 aliphatic rings. The Balaban J connectivity index is 0.00000173. The SMILES string of the molecule is C[C@@H]1C[C@H](c2cc([N+](=O)[O-])ccc2C(=O)O)c2ncnc(N3CC4(CCN(Cc5ccccc5)CC4)c4c(CN)cccc43)c21.Cl.Cl.Cl. The van der Waals surface area contributed by atoms with Gasteiger partial charge in [0, 0.05) is 54.4 Å². The Morgan fingerprint density at radius 1 is 1.04 bits per heavy atom. The van der Waals surface area contributed by atoms with E-state index in [9.17, 15) is 20.0 Å². The first-order chi connectivity index (χ1) is 21.8. The van der Waals surface area contributed by atoms with Gasteiger partial charge in [0.05, 0.1) is 16.2 Å². The Morgan fingerprint density at radius 2 is 1.77 bits per heavy atom. The number of hydrogen-bond donors (Lipinski definition) is 2. The number of fused-ring (bicyclic) bond motifs is 3. The lowest BCUT2D eigenvalue weighted by molar-refractivity contribution is -0.384. The third kappa shape index (κ3) is 6.35. The normalized spacial score (nSPS) is 19.0. The van der Waals surface area contributed by atoms with E-state index in [2.05, 4.69) is 65.3 Å². The third-order valence-electron chi connectivity index (χ3n) is 10.1. The van der Waals surface area contributed by atoms with Crippen molar-refractivity contribution in [2.24, 2.45) is 5.73 Å². The molecule has 0 radical (unpaired) electrons. The fraction of sp³-hybridized carbons (Fsp3) is 0.343. The van der Waals surface area contributed by atoms with Crippen LogP contribution in [0.25, 0.3) is 0 Å². The Morgan fingerprint density at radius 3 is 2.44 bits per heavy atom. The number of nitro benzene ring substituents is 1. The Bertz CT molecular complexity index is 1800. The summed E-state index contributed by atoms with van der Waals surface area (Å²) in [6, 6.07) is 20.9. The molecule has 0 saturated carbocycles. The smallest absolute Gasteiger partial charge is 0.335 e. The second-order valence-electron chi connectivity index (χ2n) is 12.7. The van der Waals surface area contributed by atoms with E-state index in [-0.39, 0.29) is 59.8 Å². The van der Waals surface area contributed by atoms with Crippen molar-refractivity contribution in [2.45, 2.75) is 56.5 Å². The number of carboxylic acid groups (broad SMARTS) is 1. The van der Waals surface area contributed by atoms with Gasteiger partial charge >= 0.3 is 5.97 Å². The Hall–Kier alpha value is -3.80. The Kier molecular flexibility index (Phi) is 11.4. The van der Waals surface area contributed by atoms with Crippen molar-refractivity contribution in [3.63, 3.8) is 0 Å². The molecule has 2 atom stereocenters. The van der Waals surface area contributed by atoms with Crippen molar-refractivity contribution in [1.29, 1.82) is 0 Å². The molecule has 0 amide bonds. The summed E-state index contributed by atoms with van der Waals surface area (Å²) in [5.74, 6) is -0.655. The van der Waals surface area contributed by atoms with E-state index in [0.29, 0.717) is 18.5 Å². The number of anilines is 2. The minimum Gasteiger partial charge on any atom is -0.478 e. The largest absolute Gasteiger partial charge is 0.478 e. The molecule has 0 bridgehead atoms. The lowest BCUT2D eigenvalue weighted by atomic mass is 9.72. The maximum Gasteiger partial charge on any atom is 0.335 e. The van der Waals surface area contributed by atoms with Crippen molar-refractivity contribution in [1.82, 2.24) is 14.9 Å². The van der Waals surface area contributed by atoms with Crippen LogP contribution in [-0.2, 0) is 18.5 Å². The molecule has 2 aliphatic heterocycles. The number of rotatable bonds is 7. The van der Waals surface area contributed by atoms with Gasteiger partial charge in [-0.1, -0.05) is 49.4 Å². The minimum absolute atomic E-state index is 0. The number of nitro groups is 1. The molecule has 13 heteroatoms. The number of aromatic carboxylic acids is 1. The summed E-state index contributed by atoms with van der Waals surface area (Å²) < 4.78 is 0. The van der Waals surface area contributed by atoms with Crippen molar-refractivity contribution in [3.05, 3.63) is 122 Å². The summed E-state index contributed by atoms with van der Waals surface area (Å²) >= 11 is 0. The number of piperidine rings is 1. The summed E-state index contributed by atoms with van der Waals surface area (Å²) in [4.78, 5) is 37.8. The summed E-state index contributed by atoms with van der Waals surface area (Å²) in [5.41, 5.74) is 13.2. The van der Waals surface area contributed by atoms with E-state index in [1.54, 1.807) is 6.33 Å². The van der Waals surface area contributed by atoms with Gasteiger partial charge in [-0.25, -0.2) is 14.8 Å². The van der Waals surface area contributed by atoms with Gasteiger partial charge < -0.3 is 15.7 Å². The molecule has 1 aromatic heterocycles. The van der Waals surface area contributed by atoms with Crippen LogP contribution < -0.4 is 10.6 Å². The van der Waals surface area contributed by atoms with Crippen LogP contribution in [0.5, 0.6) is 0 Å². The van der Waals surface area contributed by atoms with Crippen LogP contribution in [0, 0.1) is 10.1 Å². The zero-order valence-electron chi connectivity index (χ0n) is 26.4. The first kappa shape index (κ1) is 37.0. The Labute approximate surface area is 298 Å². The fourth-order valence-electron chi connectivity index (χ4n) is 8.01. The molecule has 1 fully saturated rings. The number of hydrogen-bond acceptors (Lipinski definition) is 8. The molecule has 3 aromatic carbocycles. The van der Waals surface area contributed by atoms with Crippen LogP contribution in [0.3, 0.4) is 0 Å². The van der Waals surface area contributed by atoms with Crippen LogP contribution in [-0.4, -0.2) is 50.5 Å². The highest BCUT2D eigenvalue weighted by Gasteiger charge is 2.48. The van der Waals surface area contributed by atoms with Crippen molar-refractivity contribution in [3.8, 4) is 0 Å². The van der Waals surface area contributed by atoms with E-state index in [0.717, 1.165) is 67.3 Å². The van der Waals surface area contributed by atoms with Gasteiger partial charge in [0.1, 0.15) is 12.1 Å². The molecule has 1 spiro atoms. The number of likely N-dealkylation sites (tertiary alicyclic amines) is 1. The van der Waals surface area contributed by atoms with E-state index >= 15 is 0 Å². The summed E-state index contributed by atoms with van der Waals surface area (Å²) in [5, 5.41) is 21.6. The average Bonchev–Trinajstić information content (AvgIpc) is 3.57. The molecule has 1 saturated heterocycles. The molecular weight excluding hydrogens is 675 g/mol. The van der Waals surface area contributed by atoms with Crippen LogP contribution in [0.4, 0.5) is 17.2 Å². The monoisotopic (exact) mass is 712 g/mol. The molecule has 254 valence electrons. The quantitative estimate of drug-likeness (QED) is 0.151. The second-order valence-corrected chi connectivity index (χ2v) is 12.7. The number of benzene rings is 3. The van der Waals surface area contributed by atoms with Gasteiger partial charge in [-0.2, -0.15) is 0 Å². The number of aromatic nitrogens is 2. The molecule has 7 rings (SSSR count). The highest BCUT2D eigenvalue weighted by Crippen LogP contribution is 2.54. The lowest BCUT2D eigenvalue weighted by Gasteiger charge is -2.40. The average molecular weight is 714 g/mol. The molecule has 3 N–H and O–H groups in total. The first-order valence-electron chi connectivity index (χ1n) is 15.5. The number of non-ortho nitro benzene ring substituents is 1. The maximum absolute atomic E-state index is 12.2. The molecule has 4 aromatic rings. The van der Waals surface area contributed by atoms with Crippen molar-refractivity contribution >= 4 is 60.4 Å². The van der Waals surface area contributed by atoms with Crippen molar-refractivity contribution < 1.29 is 14.8 Å². The van der Waals surface area contributed by atoms with E-state index in [1.165, 1.54) is 29.3 Å². The fourth-order valence-corrected chi connectivity index (χ4v) is 8.01. The highest BCUT2D eigenvalue weighted by molar-refractivity contribution is 5.90. The zero-order chi connectivity index (χ0) is 31.3. The predicted molar refractivity (Wildman–Crippen MR) is 193 cm³/mol. The van der Waals surface area contributed by atoms with Crippen LogP contribution in [0.15, 0.2) is 73.1 Å². The number of halogens is 3.